The maximum Gasteiger partial charge on any atom is 0.155 e. The highest BCUT2D eigenvalue weighted by Crippen LogP contribution is 2.43. The van der Waals surface area contributed by atoms with Crippen molar-refractivity contribution in [1.82, 2.24) is 19.5 Å². The van der Waals surface area contributed by atoms with Crippen LogP contribution in [0, 0.1) is 0 Å². The summed E-state index contributed by atoms with van der Waals surface area (Å²) in [6, 6.07) is 12.5. The van der Waals surface area contributed by atoms with E-state index in [2.05, 4.69) is 36.3 Å². The van der Waals surface area contributed by atoms with Gasteiger partial charge < -0.3 is 9.84 Å². The maximum atomic E-state index is 10.6. The second kappa shape index (κ2) is 7.36. The van der Waals surface area contributed by atoms with Gasteiger partial charge in [0.25, 0.3) is 0 Å². The van der Waals surface area contributed by atoms with Gasteiger partial charge in [0.1, 0.15) is 18.5 Å². The zero-order chi connectivity index (χ0) is 20.9. The molecule has 4 heterocycles. The number of para-hydroxylation sites is 1. The van der Waals surface area contributed by atoms with Crippen LogP contribution in [0.3, 0.4) is 0 Å². The molecular formula is C24H30N4O2. The summed E-state index contributed by atoms with van der Waals surface area (Å²) in [4.78, 5) is 7.17. The topological polar surface area (TPSA) is 62.9 Å². The molecule has 5 rings (SSSR count). The Bertz CT molecular complexity index is 1040. The fourth-order valence-electron chi connectivity index (χ4n) is 4.84. The molecule has 0 aliphatic carbocycles. The molecule has 2 aliphatic rings. The van der Waals surface area contributed by atoms with Gasteiger partial charge in [-0.1, -0.05) is 39.0 Å². The van der Waals surface area contributed by atoms with Crippen molar-refractivity contribution >= 4 is 5.65 Å². The quantitative estimate of drug-likeness (QED) is 0.702. The molecule has 158 valence electrons. The van der Waals surface area contributed by atoms with Crippen LogP contribution in [0.5, 0.6) is 5.75 Å². The molecule has 1 fully saturated rings. The lowest BCUT2D eigenvalue weighted by Crippen LogP contribution is -2.44. The van der Waals surface area contributed by atoms with Crippen LogP contribution < -0.4 is 4.74 Å². The van der Waals surface area contributed by atoms with Crippen LogP contribution in [0.15, 0.2) is 42.6 Å². The van der Waals surface area contributed by atoms with E-state index in [-0.39, 0.29) is 5.41 Å². The van der Waals surface area contributed by atoms with Gasteiger partial charge in [0.05, 0.1) is 11.4 Å². The van der Waals surface area contributed by atoms with Crippen molar-refractivity contribution in [1.29, 1.82) is 0 Å². The molecule has 0 spiro atoms. The summed E-state index contributed by atoms with van der Waals surface area (Å²) in [5, 5.41) is 15.5. The summed E-state index contributed by atoms with van der Waals surface area (Å²) in [6.07, 6.45) is 4.70. The number of ether oxygens (including phenoxy) is 1. The molecule has 3 atom stereocenters. The van der Waals surface area contributed by atoms with Gasteiger partial charge in [-0.25, -0.2) is 9.50 Å². The van der Waals surface area contributed by atoms with E-state index in [4.69, 9.17) is 14.8 Å². The van der Waals surface area contributed by atoms with E-state index in [1.54, 1.807) is 0 Å². The lowest BCUT2D eigenvalue weighted by atomic mass is 9.93. The molecule has 1 N–H and O–H groups in total. The van der Waals surface area contributed by atoms with E-state index >= 15 is 0 Å². The first kappa shape index (κ1) is 19.5. The Labute approximate surface area is 177 Å². The third kappa shape index (κ3) is 3.48. The summed E-state index contributed by atoms with van der Waals surface area (Å²) >= 11 is 0. The first-order valence-corrected chi connectivity index (χ1v) is 10.9. The number of aliphatic hydroxyl groups excluding tert-OH is 1. The molecule has 6 nitrogen and oxygen atoms in total. The van der Waals surface area contributed by atoms with E-state index in [1.165, 1.54) is 11.3 Å². The molecule has 3 aromatic rings. The molecular weight excluding hydrogens is 376 g/mol. The third-order valence-corrected chi connectivity index (χ3v) is 6.42. The highest BCUT2D eigenvalue weighted by molar-refractivity contribution is 5.45. The van der Waals surface area contributed by atoms with Gasteiger partial charge in [-0.2, -0.15) is 5.10 Å². The molecule has 30 heavy (non-hydrogen) atoms. The summed E-state index contributed by atoms with van der Waals surface area (Å²) in [6.45, 7) is 7.48. The number of aromatic nitrogens is 3. The van der Waals surface area contributed by atoms with Crippen molar-refractivity contribution in [2.24, 2.45) is 0 Å². The van der Waals surface area contributed by atoms with Gasteiger partial charge in [-0.05, 0) is 25.0 Å². The molecule has 1 saturated heterocycles. The largest absolute Gasteiger partial charge is 0.491 e. The Morgan fingerprint density at radius 3 is 2.77 bits per heavy atom. The number of rotatable bonds is 5. The van der Waals surface area contributed by atoms with Gasteiger partial charge in [-0.15, -0.1) is 0 Å². The van der Waals surface area contributed by atoms with E-state index in [9.17, 15) is 5.11 Å². The normalized spacial score (nSPS) is 22.3. The van der Waals surface area contributed by atoms with Crippen molar-refractivity contribution in [3.05, 3.63) is 59.5 Å². The monoisotopic (exact) mass is 406 g/mol. The Balaban J connectivity index is 1.35. The highest BCUT2D eigenvalue weighted by atomic mass is 16.5. The minimum Gasteiger partial charge on any atom is -0.491 e. The molecule has 1 aromatic carbocycles. The van der Waals surface area contributed by atoms with Gasteiger partial charge >= 0.3 is 0 Å². The summed E-state index contributed by atoms with van der Waals surface area (Å²) in [5.74, 6) is 0.795. The average molecular weight is 407 g/mol. The Morgan fingerprint density at radius 2 is 2.00 bits per heavy atom. The molecule has 0 amide bonds. The van der Waals surface area contributed by atoms with E-state index in [0.29, 0.717) is 25.2 Å². The predicted octanol–water partition coefficient (Wildman–Crippen LogP) is 3.53. The average Bonchev–Trinajstić information content (AvgIpc) is 3.28. The Morgan fingerprint density at radius 1 is 1.20 bits per heavy atom. The molecule has 2 aliphatic heterocycles. The smallest absolute Gasteiger partial charge is 0.155 e. The Hall–Kier alpha value is -2.44. The predicted molar refractivity (Wildman–Crippen MR) is 116 cm³/mol. The SMILES string of the molecule is CC(C)(C)c1cc2ncc3c(n2n1)C[C@H]1CC[C@H]3N1C[C@H](O)COc1ccccc1. The number of aliphatic hydroxyl groups is 1. The van der Waals surface area contributed by atoms with Crippen LogP contribution >= 0.6 is 0 Å². The van der Waals surface area contributed by atoms with Crippen molar-refractivity contribution in [3.8, 4) is 5.75 Å². The fourth-order valence-corrected chi connectivity index (χ4v) is 4.84. The zero-order valence-corrected chi connectivity index (χ0v) is 18.0. The van der Waals surface area contributed by atoms with Gasteiger partial charge in [-0.3, -0.25) is 4.90 Å². The van der Waals surface area contributed by atoms with Crippen molar-refractivity contribution in [3.63, 3.8) is 0 Å². The molecule has 0 saturated carbocycles. The maximum absolute atomic E-state index is 10.6. The van der Waals surface area contributed by atoms with Crippen LogP contribution in [-0.2, 0) is 11.8 Å². The van der Waals surface area contributed by atoms with Gasteiger partial charge in [0.15, 0.2) is 5.65 Å². The number of fused-ring (bicyclic) bond motifs is 6. The fraction of sp³-hybridized carbons (Fsp3) is 0.500. The van der Waals surface area contributed by atoms with Crippen LogP contribution in [0.25, 0.3) is 5.65 Å². The number of hydrogen-bond donors (Lipinski definition) is 1. The second-order valence-corrected chi connectivity index (χ2v) is 9.64. The van der Waals surface area contributed by atoms with E-state index in [0.717, 1.165) is 36.4 Å². The second-order valence-electron chi connectivity index (χ2n) is 9.64. The van der Waals surface area contributed by atoms with E-state index < -0.39 is 6.10 Å². The van der Waals surface area contributed by atoms with Crippen LogP contribution in [0.1, 0.15) is 56.6 Å². The highest BCUT2D eigenvalue weighted by Gasteiger charge is 2.42. The number of benzene rings is 1. The lowest BCUT2D eigenvalue weighted by molar-refractivity contribution is 0.0446. The molecule has 6 heteroatoms. The standard InChI is InChI=1S/C24H30N4O2/c1-24(2,3)22-12-23-25-13-19-20-10-9-16(11-21(19)28(23)26-22)27(20)14-17(29)15-30-18-7-5-4-6-8-18/h4-8,12-13,16-17,20,29H,9-11,14-15H2,1-3H3/t16-,17+,20-/m1/s1. The van der Waals surface area contributed by atoms with Gasteiger partial charge in [0, 0.05) is 48.3 Å². The minimum absolute atomic E-state index is 0.00311. The minimum atomic E-state index is -0.524. The number of hydrogen-bond acceptors (Lipinski definition) is 5. The third-order valence-electron chi connectivity index (χ3n) is 6.42. The van der Waals surface area contributed by atoms with Crippen molar-refractivity contribution < 1.29 is 9.84 Å². The molecule has 2 bridgehead atoms. The first-order valence-electron chi connectivity index (χ1n) is 10.9. The summed E-state index contributed by atoms with van der Waals surface area (Å²) < 4.78 is 7.82. The van der Waals surface area contributed by atoms with Crippen LogP contribution in [0.2, 0.25) is 0 Å². The summed E-state index contributed by atoms with van der Waals surface area (Å²) in [7, 11) is 0. The first-order chi connectivity index (χ1) is 14.4. The molecule has 0 radical (unpaired) electrons. The van der Waals surface area contributed by atoms with Crippen LogP contribution in [0.4, 0.5) is 0 Å². The van der Waals surface area contributed by atoms with Crippen molar-refractivity contribution in [2.45, 2.75) is 63.6 Å². The Kier molecular flexibility index (Phi) is 4.79. The number of nitrogens with zero attached hydrogens (tertiary/aromatic N) is 4. The van der Waals surface area contributed by atoms with Gasteiger partial charge in [0.2, 0.25) is 0 Å². The zero-order valence-electron chi connectivity index (χ0n) is 18.0. The van der Waals surface area contributed by atoms with Crippen LogP contribution in [-0.4, -0.2) is 49.9 Å². The lowest BCUT2D eigenvalue weighted by Gasteiger charge is -2.37. The van der Waals surface area contributed by atoms with Crippen molar-refractivity contribution in [2.75, 3.05) is 13.2 Å². The molecule has 0 unspecified atom stereocenters. The summed E-state index contributed by atoms with van der Waals surface area (Å²) in [5.41, 5.74) is 4.56. The van der Waals surface area contributed by atoms with E-state index in [1.807, 2.05) is 36.5 Å². The molecule has 2 aromatic heterocycles.